The van der Waals surface area contributed by atoms with Crippen LogP contribution in [-0.4, -0.2) is 34.9 Å². The van der Waals surface area contributed by atoms with Crippen molar-refractivity contribution in [1.29, 1.82) is 0 Å². The highest BCUT2D eigenvalue weighted by Crippen LogP contribution is 2.28. The number of carbonyl (C=O) groups is 1. The van der Waals surface area contributed by atoms with E-state index in [0.717, 1.165) is 5.56 Å². The van der Waals surface area contributed by atoms with Crippen LogP contribution in [0.4, 0.5) is 11.4 Å². The highest BCUT2D eigenvalue weighted by Gasteiger charge is 2.30. The molecule has 130 valence electrons. The average molecular weight is 341 g/mol. The smallest absolute Gasteiger partial charge is 0.292 e. The average Bonchev–Trinajstić information content (AvgIpc) is 2.61. The molecule has 2 unspecified atom stereocenters. The number of hydrogen-bond acceptors (Lipinski definition) is 5. The summed E-state index contributed by atoms with van der Waals surface area (Å²) in [6, 6.07) is 13.8. The molecule has 1 amide bonds. The van der Waals surface area contributed by atoms with Gasteiger partial charge in [-0.1, -0.05) is 30.3 Å². The van der Waals surface area contributed by atoms with Crippen LogP contribution >= 0.6 is 0 Å². The number of amides is 1. The van der Waals surface area contributed by atoms with E-state index in [4.69, 9.17) is 10.5 Å². The van der Waals surface area contributed by atoms with Crippen LogP contribution in [0.2, 0.25) is 0 Å². The third kappa shape index (κ3) is 3.61. The van der Waals surface area contributed by atoms with E-state index in [1.165, 1.54) is 18.2 Å². The molecule has 1 aliphatic rings. The van der Waals surface area contributed by atoms with Crippen LogP contribution in [0.3, 0.4) is 0 Å². The summed E-state index contributed by atoms with van der Waals surface area (Å²) in [6.45, 7) is 2.73. The molecule has 7 heteroatoms. The third-order valence-corrected chi connectivity index (χ3v) is 4.19. The third-order valence-electron chi connectivity index (χ3n) is 4.19. The molecule has 0 bridgehead atoms. The fraction of sp³-hybridized carbons (Fsp3) is 0.278. The fourth-order valence-corrected chi connectivity index (χ4v) is 2.99. The van der Waals surface area contributed by atoms with Gasteiger partial charge < -0.3 is 15.4 Å². The van der Waals surface area contributed by atoms with Gasteiger partial charge in [-0.15, -0.1) is 0 Å². The van der Waals surface area contributed by atoms with Crippen molar-refractivity contribution < 1.29 is 14.5 Å². The van der Waals surface area contributed by atoms with Crippen LogP contribution in [0.5, 0.6) is 0 Å². The summed E-state index contributed by atoms with van der Waals surface area (Å²) in [6.07, 6.45) is -0.357. The number of morpholine rings is 1. The quantitative estimate of drug-likeness (QED) is 0.526. The molecule has 0 spiro atoms. The van der Waals surface area contributed by atoms with E-state index >= 15 is 0 Å². The summed E-state index contributed by atoms with van der Waals surface area (Å²) in [5, 5.41) is 11.0. The van der Waals surface area contributed by atoms with Crippen LogP contribution in [-0.2, 0) is 4.74 Å². The van der Waals surface area contributed by atoms with Gasteiger partial charge in [0.05, 0.1) is 17.6 Å². The van der Waals surface area contributed by atoms with Crippen molar-refractivity contribution in [2.75, 3.05) is 18.8 Å². The number of anilines is 1. The minimum absolute atomic E-state index is 0.0408. The summed E-state index contributed by atoms with van der Waals surface area (Å²) >= 11 is 0. The summed E-state index contributed by atoms with van der Waals surface area (Å²) in [7, 11) is 0. The molecule has 0 aliphatic carbocycles. The molecule has 2 atom stereocenters. The summed E-state index contributed by atoms with van der Waals surface area (Å²) < 4.78 is 5.95. The molecule has 2 aromatic rings. The van der Waals surface area contributed by atoms with Crippen molar-refractivity contribution in [3.8, 4) is 0 Å². The van der Waals surface area contributed by atoms with Gasteiger partial charge in [-0.05, 0) is 24.6 Å². The SMILES string of the molecule is CC1CN(C(=O)c2ccc(N)c([N+](=O)[O-])c2)CC(c2ccccc2)O1. The van der Waals surface area contributed by atoms with Gasteiger partial charge in [-0.25, -0.2) is 0 Å². The lowest BCUT2D eigenvalue weighted by atomic mass is 10.1. The second-order valence-electron chi connectivity index (χ2n) is 6.09. The summed E-state index contributed by atoms with van der Waals surface area (Å²) in [4.78, 5) is 24.9. The van der Waals surface area contributed by atoms with E-state index in [-0.39, 0.29) is 35.1 Å². The predicted octanol–water partition coefficient (Wildman–Crippen LogP) is 2.78. The summed E-state index contributed by atoms with van der Waals surface area (Å²) in [5.74, 6) is -0.265. The van der Waals surface area contributed by atoms with E-state index in [2.05, 4.69) is 0 Å². The van der Waals surface area contributed by atoms with Crippen molar-refractivity contribution in [2.24, 2.45) is 0 Å². The van der Waals surface area contributed by atoms with Gasteiger partial charge in [-0.3, -0.25) is 14.9 Å². The number of rotatable bonds is 3. The van der Waals surface area contributed by atoms with Crippen molar-refractivity contribution in [1.82, 2.24) is 4.90 Å². The predicted molar refractivity (Wildman–Crippen MR) is 93.1 cm³/mol. The van der Waals surface area contributed by atoms with Crippen LogP contribution in [0, 0.1) is 10.1 Å². The molecular formula is C18H19N3O4. The molecule has 1 fully saturated rings. The first-order chi connectivity index (χ1) is 12.0. The molecular weight excluding hydrogens is 322 g/mol. The summed E-state index contributed by atoms with van der Waals surface area (Å²) in [5.41, 5.74) is 6.63. The van der Waals surface area contributed by atoms with E-state index in [9.17, 15) is 14.9 Å². The van der Waals surface area contributed by atoms with E-state index < -0.39 is 4.92 Å². The van der Waals surface area contributed by atoms with Crippen molar-refractivity contribution in [3.63, 3.8) is 0 Å². The maximum absolute atomic E-state index is 12.8. The molecule has 2 aromatic carbocycles. The molecule has 25 heavy (non-hydrogen) atoms. The van der Waals surface area contributed by atoms with Gasteiger partial charge in [0.2, 0.25) is 0 Å². The Bertz CT molecular complexity index is 794. The van der Waals surface area contributed by atoms with Gasteiger partial charge in [0.15, 0.2) is 0 Å². The molecule has 3 rings (SSSR count). The van der Waals surface area contributed by atoms with Gasteiger partial charge >= 0.3 is 0 Å². The first kappa shape index (κ1) is 16.9. The highest BCUT2D eigenvalue weighted by molar-refractivity contribution is 5.95. The number of nitro benzene ring substituents is 1. The Morgan fingerprint density at radius 2 is 1.96 bits per heavy atom. The molecule has 0 radical (unpaired) electrons. The monoisotopic (exact) mass is 341 g/mol. The lowest BCUT2D eigenvalue weighted by Gasteiger charge is -2.37. The number of nitrogens with zero attached hydrogens (tertiary/aromatic N) is 2. The van der Waals surface area contributed by atoms with Gasteiger partial charge in [-0.2, -0.15) is 0 Å². The molecule has 1 heterocycles. The zero-order valence-corrected chi connectivity index (χ0v) is 13.8. The number of nitrogen functional groups attached to an aromatic ring is 1. The normalized spacial score (nSPS) is 20.3. The lowest BCUT2D eigenvalue weighted by Crippen LogP contribution is -2.46. The number of ether oxygens (including phenoxy) is 1. The Kier molecular flexibility index (Phi) is 4.67. The zero-order chi connectivity index (χ0) is 18.0. The van der Waals surface area contributed by atoms with Crippen LogP contribution in [0.15, 0.2) is 48.5 Å². The molecule has 7 nitrogen and oxygen atoms in total. The second kappa shape index (κ2) is 6.90. The van der Waals surface area contributed by atoms with E-state index in [1.54, 1.807) is 4.90 Å². The first-order valence-corrected chi connectivity index (χ1v) is 7.99. The van der Waals surface area contributed by atoms with Gasteiger partial charge in [0, 0.05) is 18.2 Å². The Balaban J connectivity index is 1.84. The number of benzene rings is 2. The van der Waals surface area contributed by atoms with Gasteiger partial charge in [0.25, 0.3) is 11.6 Å². The largest absolute Gasteiger partial charge is 0.393 e. The molecule has 0 saturated carbocycles. The molecule has 2 N–H and O–H groups in total. The first-order valence-electron chi connectivity index (χ1n) is 7.99. The maximum Gasteiger partial charge on any atom is 0.292 e. The minimum atomic E-state index is -0.583. The van der Waals surface area contributed by atoms with E-state index in [0.29, 0.717) is 13.1 Å². The van der Waals surface area contributed by atoms with E-state index in [1.807, 2.05) is 37.3 Å². The Labute approximate surface area is 145 Å². The number of carbonyl (C=O) groups excluding carboxylic acids is 1. The maximum atomic E-state index is 12.8. The second-order valence-corrected chi connectivity index (χ2v) is 6.09. The standard InChI is InChI=1S/C18H19N3O4/c1-12-10-20(11-17(25-12)13-5-3-2-4-6-13)18(22)14-7-8-15(19)16(9-14)21(23)24/h2-9,12,17H,10-11,19H2,1H3. The minimum Gasteiger partial charge on any atom is -0.393 e. The Hall–Kier alpha value is -2.93. The highest BCUT2D eigenvalue weighted by atomic mass is 16.6. The van der Waals surface area contributed by atoms with Crippen LogP contribution in [0.1, 0.15) is 28.9 Å². The Morgan fingerprint density at radius 3 is 2.64 bits per heavy atom. The lowest BCUT2D eigenvalue weighted by molar-refractivity contribution is -0.383. The Morgan fingerprint density at radius 1 is 1.24 bits per heavy atom. The number of nitro groups is 1. The van der Waals surface area contributed by atoms with Crippen molar-refractivity contribution in [3.05, 3.63) is 69.8 Å². The number of nitrogens with two attached hydrogens (primary N) is 1. The van der Waals surface area contributed by atoms with Crippen LogP contribution < -0.4 is 5.73 Å². The molecule has 0 aromatic heterocycles. The molecule has 1 saturated heterocycles. The van der Waals surface area contributed by atoms with Crippen LogP contribution in [0.25, 0.3) is 0 Å². The van der Waals surface area contributed by atoms with Gasteiger partial charge in [0.1, 0.15) is 11.8 Å². The fourth-order valence-electron chi connectivity index (χ4n) is 2.99. The van der Waals surface area contributed by atoms with Crippen molar-refractivity contribution in [2.45, 2.75) is 19.1 Å². The number of hydrogen-bond donors (Lipinski definition) is 1. The zero-order valence-electron chi connectivity index (χ0n) is 13.8. The molecule has 1 aliphatic heterocycles. The van der Waals surface area contributed by atoms with Crippen molar-refractivity contribution >= 4 is 17.3 Å². The topological polar surface area (TPSA) is 98.7 Å².